The summed E-state index contributed by atoms with van der Waals surface area (Å²) in [5.74, 6) is 0.110. The molecule has 1 saturated heterocycles. The van der Waals surface area contributed by atoms with Crippen molar-refractivity contribution in [2.24, 2.45) is 0 Å². The molecule has 1 aromatic carbocycles. The van der Waals surface area contributed by atoms with Crippen molar-refractivity contribution in [2.45, 2.75) is 25.9 Å². The number of carbonyl (C=O) groups excluding carboxylic acids is 2. The fraction of sp³-hybridized carbons (Fsp3) is 0.429. The molecule has 0 aliphatic carbocycles. The van der Waals surface area contributed by atoms with Crippen LogP contribution in [0.3, 0.4) is 0 Å². The molecule has 0 spiro atoms. The SMILES string of the molecule is COc1ccc(C(C)=O)c(OC(=O)[C@H]2CCCO2)c1. The van der Waals surface area contributed by atoms with Gasteiger partial charge in [0, 0.05) is 12.7 Å². The average molecular weight is 264 g/mol. The van der Waals surface area contributed by atoms with Crippen molar-refractivity contribution in [1.29, 1.82) is 0 Å². The summed E-state index contributed by atoms with van der Waals surface area (Å²) in [5.41, 5.74) is 0.354. The van der Waals surface area contributed by atoms with E-state index >= 15 is 0 Å². The first-order chi connectivity index (χ1) is 9.11. The minimum Gasteiger partial charge on any atom is -0.497 e. The number of hydrogen-bond acceptors (Lipinski definition) is 5. The van der Waals surface area contributed by atoms with Crippen molar-refractivity contribution in [3.8, 4) is 11.5 Å². The Morgan fingerprint density at radius 3 is 2.74 bits per heavy atom. The third-order valence-corrected chi connectivity index (χ3v) is 2.97. The van der Waals surface area contributed by atoms with Crippen molar-refractivity contribution >= 4 is 11.8 Å². The lowest BCUT2D eigenvalue weighted by Gasteiger charge is -2.12. The Bertz CT molecular complexity index is 489. The van der Waals surface area contributed by atoms with Crippen LogP contribution < -0.4 is 9.47 Å². The molecule has 0 unspecified atom stereocenters. The first-order valence-electron chi connectivity index (χ1n) is 6.14. The quantitative estimate of drug-likeness (QED) is 0.473. The van der Waals surface area contributed by atoms with E-state index in [2.05, 4.69) is 0 Å². The lowest BCUT2D eigenvalue weighted by atomic mass is 10.1. The Balaban J connectivity index is 2.21. The molecule has 102 valence electrons. The van der Waals surface area contributed by atoms with Gasteiger partial charge in [-0.05, 0) is 31.9 Å². The van der Waals surface area contributed by atoms with Gasteiger partial charge in [-0.2, -0.15) is 0 Å². The van der Waals surface area contributed by atoms with Gasteiger partial charge in [-0.3, -0.25) is 4.79 Å². The molecule has 1 fully saturated rings. The van der Waals surface area contributed by atoms with Gasteiger partial charge < -0.3 is 14.2 Å². The second-order valence-corrected chi connectivity index (χ2v) is 4.34. The van der Waals surface area contributed by atoms with Gasteiger partial charge in [0.25, 0.3) is 0 Å². The van der Waals surface area contributed by atoms with Crippen LogP contribution in [0.25, 0.3) is 0 Å². The number of rotatable bonds is 4. The van der Waals surface area contributed by atoms with Crippen molar-refractivity contribution in [3.05, 3.63) is 23.8 Å². The third kappa shape index (κ3) is 3.12. The van der Waals surface area contributed by atoms with Crippen LogP contribution in [0.4, 0.5) is 0 Å². The number of methoxy groups -OCH3 is 1. The lowest BCUT2D eigenvalue weighted by Crippen LogP contribution is -2.25. The predicted molar refractivity (Wildman–Crippen MR) is 67.6 cm³/mol. The summed E-state index contributed by atoms with van der Waals surface area (Å²) < 4.78 is 15.6. The molecule has 0 radical (unpaired) electrons. The number of ether oxygens (including phenoxy) is 3. The Morgan fingerprint density at radius 1 is 1.37 bits per heavy atom. The topological polar surface area (TPSA) is 61.8 Å². The maximum absolute atomic E-state index is 11.9. The van der Waals surface area contributed by atoms with Crippen LogP contribution in [-0.2, 0) is 9.53 Å². The normalized spacial score (nSPS) is 18.1. The summed E-state index contributed by atoms with van der Waals surface area (Å²) in [7, 11) is 1.51. The van der Waals surface area contributed by atoms with Crippen LogP contribution in [0.1, 0.15) is 30.1 Å². The minimum atomic E-state index is -0.536. The van der Waals surface area contributed by atoms with Crippen molar-refractivity contribution in [1.82, 2.24) is 0 Å². The summed E-state index contributed by atoms with van der Waals surface area (Å²) in [6.45, 7) is 1.99. The van der Waals surface area contributed by atoms with Gasteiger partial charge >= 0.3 is 5.97 Å². The highest BCUT2D eigenvalue weighted by molar-refractivity contribution is 5.98. The zero-order chi connectivity index (χ0) is 13.8. The monoisotopic (exact) mass is 264 g/mol. The molecular formula is C14H16O5. The number of benzene rings is 1. The number of hydrogen-bond donors (Lipinski definition) is 0. The molecule has 0 bridgehead atoms. The van der Waals surface area contributed by atoms with E-state index in [1.54, 1.807) is 12.1 Å². The van der Waals surface area contributed by atoms with Crippen LogP contribution in [0.5, 0.6) is 11.5 Å². The Hall–Kier alpha value is -1.88. The Morgan fingerprint density at radius 2 is 2.16 bits per heavy atom. The maximum atomic E-state index is 11.9. The molecule has 5 nitrogen and oxygen atoms in total. The predicted octanol–water partition coefficient (Wildman–Crippen LogP) is 1.98. The lowest BCUT2D eigenvalue weighted by molar-refractivity contribution is -0.144. The summed E-state index contributed by atoms with van der Waals surface area (Å²) >= 11 is 0. The zero-order valence-corrected chi connectivity index (χ0v) is 11.0. The molecule has 19 heavy (non-hydrogen) atoms. The number of carbonyl (C=O) groups is 2. The fourth-order valence-electron chi connectivity index (χ4n) is 1.94. The number of esters is 1. The van der Waals surface area contributed by atoms with Crippen LogP contribution in [0.2, 0.25) is 0 Å². The average Bonchev–Trinajstić information content (AvgIpc) is 2.92. The van der Waals surface area contributed by atoms with E-state index in [-0.39, 0.29) is 11.5 Å². The van der Waals surface area contributed by atoms with Crippen LogP contribution in [-0.4, -0.2) is 31.6 Å². The molecule has 0 saturated carbocycles. The summed E-state index contributed by atoms with van der Waals surface area (Å²) in [5, 5.41) is 0. The van der Waals surface area contributed by atoms with Gasteiger partial charge in [0.1, 0.15) is 11.5 Å². The largest absolute Gasteiger partial charge is 0.497 e. The molecule has 1 aromatic rings. The molecule has 0 amide bonds. The highest BCUT2D eigenvalue weighted by atomic mass is 16.6. The molecule has 1 atom stereocenters. The van der Waals surface area contributed by atoms with E-state index < -0.39 is 12.1 Å². The smallest absolute Gasteiger partial charge is 0.340 e. The second-order valence-electron chi connectivity index (χ2n) is 4.34. The summed E-state index contributed by atoms with van der Waals surface area (Å²) in [6.07, 6.45) is 0.960. The van der Waals surface area contributed by atoms with E-state index in [1.807, 2.05) is 0 Å². The molecule has 0 aromatic heterocycles. The van der Waals surface area contributed by atoms with Crippen LogP contribution in [0, 0.1) is 0 Å². The van der Waals surface area contributed by atoms with Gasteiger partial charge in [-0.1, -0.05) is 0 Å². The third-order valence-electron chi connectivity index (χ3n) is 2.97. The molecular weight excluding hydrogens is 248 g/mol. The van der Waals surface area contributed by atoms with Crippen molar-refractivity contribution in [2.75, 3.05) is 13.7 Å². The molecule has 2 rings (SSSR count). The van der Waals surface area contributed by atoms with Gasteiger partial charge in [0.2, 0.25) is 0 Å². The van der Waals surface area contributed by atoms with E-state index in [9.17, 15) is 9.59 Å². The molecule has 1 aliphatic rings. The molecule has 1 heterocycles. The standard InChI is InChI=1S/C14H16O5/c1-9(15)11-6-5-10(17-2)8-13(11)19-14(16)12-4-3-7-18-12/h5-6,8,12H,3-4,7H2,1-2H3/t12-/m1/s1. The summed E-state index contributed by atoms with van der Waals surface area (Å²) in [4.78, 5) is 23.4. The van der Waals surface area contributed by atoms with E-state index in [4.69, 9.17) is 14.2 Å². The first kappa shape index (κ1) is 13.5. The van der Waals surface area contributed by atoms with Gasteiger partial charge in [-0.25, -0.2) is 4.79 Å². The second kappa shape index (κ2) is 5.84. The van der Waals surface area contributed by atoms with E-state index in [0.717, 1.165) is 6.42 Å². The van der Waals surface area contributed by atoms with Gasteiger partial charge in [0.15, 0.2) is 11.9 Å². The number of ketones is 1. The number of Topliss-reactive ketones (excluding diaryl/α,β-unsaturated/α-hetero) is 1. The van der Waals surface area contributed by atoms with Gasteiger partial charge in [0.05, 0.1) is 12.7 Å². The Labute approximate surface area is 111 Å². The highest BCUT2D eigenvalue weighted by Gasteiger charge is 2.26. The van der Waals surface area contributed by atoms with Crippen molar-refractivity contribution < 1.29 is 23.8 Å². The molecule has 0 N–H and O–H groups in total. The van der Waals surface area contributed by atoms with Gasteiger partial charge in [-0.15, -0.1) is 0 Å². The highest BCUT2D eigenvalue weighted by Crippen LogP contribution is 2.26. The van der Waals surface area contributed by atoms with Crippen LogP contribution >= 0.6 is 0 Å². The van der Waals surface area contributed by atoms with Crippen LogP contribution in [0.15, 0.2) is 18.2 Å². The summed E-state index contributed by atoms with van der Waals surface area (Å²) in [6, 6.07) is 4.77. The van der Waals surface area contributed by atoms with E-state index in [1.165, 1.54) is 20.1 Å². The molecule has 5 heteroatoms. The van der Waals surface area contributed by atoms with E-state index in [0.29, 0.717) is 24.3 Å². The fourth-order valence-corrected chi connectivity index (χ4v) is 1.94. The Kier molecular flexibility index (Phi) is 4.16. The zero-order valence-electron chi connectivity index (χ0n) is 11.0. The minimum absolute atomic E-state index is 0.169. The maximum Gasteiger partial charge on any atom is 0.340 e. The molecule has 1 aliphatic heterocycles. The van der Waals surface area contributed by atoms with Crippen molar-refractivity contribution in [3.63, 3.8) is 0 Å². The first-order valence-corrected chi connectivity index (χ1v) is 6.14.